The Hall–Kier alpha value is -2.57. The predicted molar refractivity (Wildman–Crippen MR) is 123 cm³/mol. The number of ether oxygens (including phenoxy) is 2. The Morgan fingerprint density at radius 2 is 1.97 bits per heavy atom. The Bertz CT molecular complexity index is 819. The molecule has 2 amide bonds. The zero-order valence-electron chi connectivity index (χ0n) is 20.3. The molecule has 1 atom stereocenters. The van der Waals surface area contributed by atoms with Gasteiger partial charge < -0.3 is 19.7 Å². The van der Waals surface area contributed by atoms with Gasteiger partial charge in [0, 0.05) is 18.5 Å². The fourth-order valence-electron chi connectivity index (χ4n) is 3.69. The zero-order chi connectivity index (χ0) is 23.9. The number of amides is 2. The van der Waals surface area contributed by atoms with Crippen molar-refractivity contribution in [1.82, 2.24) is 10.2 Å². The van der Waals surface area contributed by atoms with Crippen LogP contribution in [0.2, 0.25) is 0 Å². The minimum absolute atomic E-state index is 0.124. The van der Waals surface area contributed by atoms with E-state index in [2.05, 4.69) is 5.32 Å². The van der Waals surface area contributed by atoms with Crippen molar-refractivity contribution in [3.05, 3.63) is 29.3 Å². The third-order valence-corrected chi connectivity index (χ3v) is 5.66. The molecule has 2 rings (SSSR count). The van der Waals surface area contributed by atoms with Gasteiger partial charge in [0.25, 0.3) is 0 Å². The topological polar surface area (TPSA) is 84.9 Å². The van der Waals surface area contributed by atoms with E-state index in [0.717, 1.165) is 16.9 Å². The van der Waals surface area contributed by atoms with Gasteiger partial charge in [-0.1, -0.05) is 39.8 Å². The van der Waals surface area contributed by atoms with Crippen LogP contribution in [0.25, 0.3) is 0 Å². The summed E-state index contributed by atoms with van der Waals surface area (Å²) in [5.74, 6) is 0.183. The van der Waals surface area contributed by atoms with E-state index < -0.39 is 17.4 Å². The smallest absolute Gasteiger partial charge is 0.308 e. The lowest BCUT2D eigenvalue weighted by Gasteiger charge is -2.39. The summed E-state index contributed by atoms with van der Waals surface area (Å²) in [6.45, 7) is 13.3. The molecule has 1 aromatic rings. The van der Waals surface area contributed by atoms with Crippen LogP contribution in [0, 0.1) is 25.2 Å². The molecule has 1 fully saturated rings. The second kappa shape index (κ2) is 11.3. The van der Waals surface area contributed by atoms with E-state index in [-0.39, 0.29) is 24.2 Å². The van der Waals surface area contributed by atoms with Gasteiger partial charge in [0.05, 0.1) is 19.6 Å². The van der Waals surface area contributed by atoms with E-state index in [0.29, 0.717) is 39.1 Å². The van der Waals surface area contributed by atoms with Gasteiger partial charge >= 0.3 is 5.97 Å². The fraction of sp³-hybridized carbons (Fsp3) is 0.640. The first-order valence-corrected chi connectivity index (χ1v) is 11.5. The standard InChI is InChI=1S/C25H38N2O5/c1-17(2)16-32-22(28)15-20-23(29)26-11-12-27(20)24(30)25(5,6)10-7-13-31-21-14-18(3)8-9-19(21)4/h8-9,14,17,20H,7,10-13,15-16H2,1-6H3,(H,26,29). The molecule has 1 aliphatic heterocycles. The summed E-state index contributed by atoms with van der Waals surface area (Å²) < 4.78 is 11.2. The number of rotatable bonds is 10. The highest BCUT2D eigenvalue weighted by Crippen LogP contribution is 2.28. The molecule has 1 aromatic carbocycles. The lowest BCUT2D eigenvalue weighted by molar-refractivity contribution is -0.156. The van der Waals surface area contributed by atoms with Gasteiger partial charge in [-0.15, -0.1) is 0 Å². The average molecular weight is 447 g/mol. The van der Waals surface area contributed by atoms with Crippen molar-refractivity contribution < 1.29 is 23.9 Å². The monoisotopic (exact) mass is 446 g/mol. The SMILES string of the molecule is Cc1ccc(C)c(OCCCC(C)(C)C(=O)N2CCNC(=O)C2CC(=O)OCC(C)C)c1. The highest BCUT2D eigenvalue weighted by atomic mass is 16.5. The maximum absolute atomic E-state index is 13.3. The van der Waals surface area contributed by atoms with Crippen molar-refractivity contribution in [3.63, 3.8) is 0 Å². The second-order valence-electron chi connectivity index (χ2n) is 9.69. The predicted octanol–water partition coefficient (Wildman–Crippen LogP) is 3.40. The van der Waals surface area contributed by atoms with Crippen LogP contribution in [0.5, 0.6) is 5.75 Å². The molecule has 32 heavy (non-hydrogen) atoms. The summed E-state index contributed by atoms with van der Waals surface area (Å²) in [5.41, 5.74) is 1.54. The molecule has 0 spiro atoms. The van der Waals surface area contributed by atoms with Crippen LogP contribution in [0.4, 0.5) is 0 Å². The van der Waals surface area contributed by atoms with Crippen LogP contribution in [0.1, 0.15) is 58.1 Å². The highest BCUT2D eigenvalue weighted by molar-refractivity contribution is 5.93. The Morgan fingerprint density at radius 1 is 1.25 bits per heavy atom. The second-order valence-corrected chi connectivity index (χ2v) is 9.69. The number of aryl methyl sites for hydroxylation is 2. The zero-order valence-corrected chi connectivity index (χ0v) is 20.3. The van der Waals surface area contributed by atoms with E-state index in [4.69, 9.17) is 9.47 Å². The van der Waals surface area contributed by atoms with Crippen LogP contribution in [-0.4, -0.2) is 55.0 Å². The molecule has 0 bridgehead atoms. The molecular formula is C25H38N2O5. The van der Waals surface area contributed by atoms with E-state index >= 15 is 0 Å². The van der Waals surface area contributed by atoms with Crippen molar-refractivity contribution in [2.24, 2.45) is 11.3 Å². The third kappa shape index (κ3) is 7.24. The van der Waals surface area contributed by atoms with Gasteiger partial charge in [-0.25, -0.2) is 0 Å². The minimum Gasteiger partial charge on any atom is -0.493 e. The van der Waals surface area contributed by atoms with E-state index in [1.807, 2.05) is 59.7 Å². The van der Waals surface area contributed by atoms with Crippen molar-refractivity contribution in [2.75, 3.05) is 26.3 Å². The van der Waals surface area contributed by atoms with Gasteiger partial charge in [-0.2, -0.15) is 0 Å². The molecule has 0 aromatic heterocycles. The summed E-state index contributed by atoms with van der Waals surface area (Å²) in [4.78, 5) is 39.6. The average Bonchev–Trinajstić information content (AvgIpc) is 2.73. The number of piperazine rings is 1. The molecule has 0 aliphatic carbocycles. The molecule has 178 valence electrons. The summed E-state index contributed by atoms with van der Waals surface area (Å²) in [7, 11) is 0. The molecule has 1 aliphatic rings. The number of carbonyl (C=O) groups is 3. The van der Waals surface area contributed by atoms with E-state index in [9.17, 15) is 14.4 Å². The number of hydrogen-bond acceptors (Lipinski definition) is 5. The molecule has 7 nitrogen and oxygen atoms in total. The molecule has 1 saturated heterocycles. The normalized spacial score (nSPS) is 16.7. The molecule has 0 saturated carbocycles. The Kier molecular flexibility index (Phi) is 9.10. The summed E-state index contributed by atoms with van der Waals surface area (Å²) in [6, 6.07) is 5.27. The fourth-order valence-corrected chi connectivity index (χ4v) is 3.69. The van der Waals surface area contributed by atoms with Crippen molar-refractivity contribution in [2.45, 2.75) is 66.8 Å². The highest BCUT2D eigenvalue weighted by Gasteiger charge is 2.40. The van der Waals surface area contributed by atoms with Crippen molar-refractivity contribution in [1.29, 1.82) is 0 Å². The molecule has 7 heteroatoms. The first-order valence-electron chi connectivity index (χ1n) is 11.5. The molecule has 1 heterocycles. The lowest BCUT2D eigenvalue weighted by atomic mass is 9.85. The maximum Gasteiger partial charge on any atom is 0.308 e. The quantitative estimate of drug-likeness (QED) is 0.440. The van der Waals surface area contributed by atoms with Crippen LogP contribution in [-0.2, 0) is 19.1 Å². The molecule has 1 N–H and O–H groups in total. The summed E-state index contributed by atoms with van der Waals surface area (Å²) in [6.07, 6.45) is 1.18. The molecule has 1 unspecified atom stereocenters. The largest absolute Gasteiger partial charge is 0.493 e. The Balaban J connectivity index is 1.95. The Labute approximate surface area is 191 Å². The summed E-state index contributed by atoms with van der Waals surface area (Å²) in [5, 5.41) is 2.76. The first kappa shape index (κ1) is 25.7. The number of esters is 1. The number of benzene rings is 1. The van der Waals surface area contributed by atoms with Gasteiger partial charge in [-0.3, -0.25) is 14.4 Å². The lowest BCUT2D eigenvalue weighted by Crippen LogP contribution is -2.60. The number of carbonyl (C=O) groups excluding carboxylic acids is 3. The van der Waals surface area contributed by atoms with Crippen molar-refractivity contribution >= 4 is 17.8 Å². The first-order chi connectivity index (χ1) is 15.0. The third-order valence-electron chi connectivity index (χ3n) is 5.66. The van der Waals surface area contributed by atoms with E-state index in [1.54, 1.807) is 4.90 Å². The van der Waals surface area contributed by atoms with E-state index in [1.165, 1.54) is 0 Å². The number of nitrogens with one attached hydrogen (secondary N) is 1. The minimum atomic E-state index is -0.832. The number of hydrogen-bond donors (Lipinski definition) is 1. The van der Waals surface area contributed by atoms with Crippen LogP contribution in [0.15, 0.2) is 18.2 Å². The van der Waals surface area contributed by atoms with Crippen LogP contribution >= 0.6 is 0 Å². The van der Waals surface area contributed by atoms with Crippen molar-refractivity contribution in [3.8, 4) is 5.75 Å². The van der Waals surface area contributed by atoms with Gasteiger partial charge in [-0.05, 0) is 49.8 Å². The van der Waals surface area contributed by atoms with Gasteiger partial charge in [0.1, 0.15) is 11.8 Å². The Morgan fingerprint density at radius 3 is 2.66 bits per heavy atom. The molecular weight excluding hydrogens is 408 g/mol. The van der Waals surface area contributed by atoms with Crippen LogP contribution < -0.4 is 10.1 Å². The number of nitrogens with zero attached hydrogens (tertiary/aromatic N) is 1. The van der Waals surface area contributed by atoms with Gasteiger partial charge in [0.15, 0.2) is 0 Å². The van der Waals surface area contributed by atoms with Crippen LogP contribution in [0.3, 0.4) is 0 Å². The molecule has 0 radical (unpaired) electrons. The maximum atomic E-state index is 13.3. The van der Waals surface area contributed by atoms with Gasteiger partial charge in [0.2, 0.25) is 11.8 Å². The summed E-state index contributed by atoms with van der Waals surface area (Å²) >= 11 is 0.